The Balaban J connectivity index is 1.92. The lowest BCUT2D eigenvalue weighted by atomic mass is 10.1. The van der Waals surface area contributed by atoms with Crippen LogP contribution in [0.2, 0.25) is 0 Å². The lowest BCUT2D eigenvalue weighted by Crippen LogP contribution is -2.35. The highest BCUT2D eigenvalue weighted by molar-refractivity contribution is 5.85. The quantitative estimate of drug-likeness (QED) is 0.855. The molecule has 5 heteroatoms. The highest BCUT2D eigenvalue weighted by Crippen LogP contribution is 2.17. The second kappa shape index (κ2) is 5.14. The molecule has 0 bridgehead atoms. The van der Waals surface area contributed by atoms with E-state index in [0.29, 0.717) is 5.75 Å². The van der Waals surface area contributed by atoms with Crippen LogP contribution in [0.4, 0.5) is 0 Å². The lowest BCUT2D eigenvalue weighted by molar-refractivity contribution is 0.0690. The van der Waals surface area contributed by atoms with Crippen molar-refractivity contribution in [2.45, 2.75) is 18.9 Å². The third-order valence-corrected chi connectivity index (χ3v) is 2.92. The Hall–Kier alpha value is -1.62. The van der Waals surface area contributed by atoms with E-state index in [1.807, 2.05) is 0 Å². The van der Waals surface area contributed by atoms with Gasteiger partial charge in [-0.3, -0.25) is 0 Å². The summed E-state index contributed by atoms with van der Waals surface area (Å²) in [7, 11) is 2.10. The van der Waals surface area contributed by atoms with Crippen molar-refractivity contribution < 1.29 is 14.6 Å². The minimum absolute atomic E-state index is 0.0423. The summed E-state index contributed by atoms with van der Waals surface area (Å²) in [5.41, 5.74) is 0.0423. The number of rotatable bonds is 3. The molecule has 2 rings (SSSR count). The molecule has 0 saturated carbocycles. The third kappa shape index (κ3) is 3.17. The zero-order valence-electron chi connectivity index (χ0n) is 9.80. The Morgan fingerprint density at radius 3 is 2.71 bits per heavy atom. The van der Waals surface area contributed by atoms with Crippen LogP contribution in [0, 0.1) is 0 Å². The average molecular weight is 236 g/mol. The SMILES string of the molecule is CN1CCC(Oc2ccc(C(=O)O)nc2)CC1. The summed E-state index contributed by atoms with van der Waals surface area (Å²) < 4.78 is 5.76. The van der Waals surface area contributed by atoms with Crippen LogP contribution in [-0.2, 0) is 0 Å². The fraction of sp³-hybridized carbons (Fsp3) is 0.500. The molecular weight excluding hydrogens is 220 g/mol. The fourth-order valence-corrected chi connectivity index (χ4v) is 1.87. The molecule has 0 aliphatic carbocycles. The van der Waals surface area contributed by atoms with Gasteiger partial charge in [0.25, 0.3) is 0 Å². The highest BCUT2D eigenvalue weighted by Gasteiger charge is 2.18. The van der Waals surface area contributed by atoms with Gasteiger partial charge in [-0.05, 0) is 32.0 Å². The van der Waals surface area contributed by atoms with Crippen LogP contribution in [-0.4, -0.2) is 47.2 Å². The summed E-state index contributed by atoms with van der Waals surface area (Å²) in [5, 5.41) is 8.72. The van der Waals surface area contributed by atoms with Crippen molar-refractivity contribution in [3.63, 3.8) is 0 Å². The number of piperidine rings is 1. The Kier molecular flexibility index (Phi) is 3.58. The minimum Gasteiger partial charge on any atom is -0.489 e. The van der Waals surface area contributed by atoms with Crippen molar-refractivity contribution in [3.05, 3.63) is 24.0 Å². The summed E-state index contributed by atoms with van der Waals surface area (Å²) >= 11 is 0. The zero-order valence-corrected chi connectivity index (χ0v) is 9.80. The first-order valence-corrected chi connectivity index (χ1v) is 5.69. The van der Waals surface area contributed by atoms with Crippen LogP contribution in [0.15, 0.2) is 18.3 Å². The monoisotopic (exact) mass is 236 g/mol. The molecule has 1 aromatic rings. The smallest absolute Gasteiger partial charge is 0.354 e. The van der Waals surface area contributed by atoms with Gasteiger partial charge in [-0.25, -0.2) is 9.78 Å². The van der Waals surface area contributed by atoms with E-state index in [1.54, 1.807) is 6.07 Å². The van der Waals surface area contributed by atoms with E-state index in [9.17, 15) is 4.79 Å². The number of carboxylic acids is 1. The molecule has 1 N–H and O–H groups in total. The summed E-state index contributed by atoms with van der Waals surface area (Å²) in [6.07, 6.45) is 3.68. The van der Waals surface area contributed by atoms with Gasteiger partial charge in [-0.1, -0.05) is 0 Å². The number of hydrogen-bond acceptors (Lipinski definition) is 4. The van der Waals surface area contributed by atoms with E-state index in [1.165, 1.54) is 12.3 Å². The van der Waals surface area contributed by atoms with E-state index in [0.717, 1.165) is 25.9 Å². The van der Waals surface area contributed by atoms with Crippen LogP contribution in [0.25, 0.3) is 0 Å². The number of likely N-dealkylation sites (tertiary alicyclic amines) is 1. The Morgan fingerprint density at radius 1 is 1.47 bits per heavy atom. The highest BCUT2D eigenvalue weighted by atomic mass is 16.5. The topological polar surface area (TPSA) is 62.7 Å². The second-order valence-electron chi connectivity index (χ2n) is 4.30. The van der Waals surface area contributed by atoms with E-state index >= 15 is 0 Å². The maximum Gasteiger partial charge on any atom is 0.354 e. The zero-order chi connectivity index (χ0) is 12.3. The molecule has 1 aliphatic rings. The van der Waals surface area contributed by atoms with Crippen molar-refractivity contribution in [1.82, 2.24) is 9.88 Å². The second-order valence-corrected chi connectivity index (χ2v) is 4.30. The standard InChI is InChI=1S/C12H16N2O3/c1-14-6-4-9(5-7-14)17-10-2-3-11(12(15)16)13-8-10/h2-3,8-9H,4-7H2,1H3,(H,15,16). The first-order valence-electron chi connectivity index (χ1n) is 5.69. The number of nitrogens with zero attached hydrogens (tertiary/aromatic N) is 2. The molecule has 1 saturated heterocycles. The molecule has 0 radical (unpaired) electrons. The molecule has 2 heterocycles. The van der Waals surface area contributed by atoms with Crippen molar-refractivity contribution in [3.8, 4) is 5.75 Å². The number of carboxylic acid groups (broad SMARTS) is 1. The average Bonchev–Trinajstić information content (AvgIpc) is 2.33. The summed E-state index contributed by atoms with van der Waals surface area (Å²) in [5.74, 6) is -0.375. The van der Waals surface area contributed by atoms with E-state index in [4.69, 9.17) is 9.84 Å². The molecule has 1 fully saturated rings. The Labute approximate surface area is 100 Å². The number of ether oxygens (including phenoxy) is 1. The fourth-order valence-electron chi connectivity index (χ4n) is 1.87. The van der Waals surface area contributed by atoms with Gasteiger partial charge >= 0.3 is 5.97 Å². The maximum absolute atomic E-state index is 10.6. The Morgan fingerprint density at radius 2 is 2.18 bits per heavy atom. The molecule has 0 unspecified atom stereocenters. The normalized spacial score (nSPS) is 17.9. The molecule has 0 spiro atoms. The maximum atomic E-state index is 10.6. The number of aromatic carboxylic acids is 1. The summed E-state index contributed by atoms with van der Waals surface area (Å²) in [4.78, 5) is 16.7. The van der Waals surface area contributed by atoms with Gasteiger partial charge in [0.05, 0.1) is 6.20 Å². The molecule has 17 heavy (non-hydrogen) atoms. The largest absolute Gasteiger partial charge is 0.489 e. The van der Waals surface area contributed by atoms with Crippen molar-refractivity contribution in [1.29, 1.82) is 0 Å². The first kappa shape index (κ1) is 11.9. The number of aromatic nitrogens is 1. The summed E-state index contributed by atoms with van der Waals surface area (Å²) in [6.45, 7) is 2.07. The van der Waals surface area contributed by atoms with Crippen LogP contribution in [0.1, 0.15) is 23.3 Å². The van der Waals surface area contributed by atoms with E-state index < -0.39 is 5.97 Å². The van der Waals surface area contributed by atoms with Crippen LogP contribution < -0.4 is 4.74 Å². The third-order valence-electron chi connectivity index (χ3n) is 2.92. The number of hydrogen-bond donors (Lipinski definition) is 1. The Bertz CT molecular complexity index is 383. The van der Waals surface area contributed by atoms with Crippen LogP contribution >= 0.6 is 0 Å². The minimum atomic E-state index is -1.02. The van der Waals surface area contributed by atoms with Crippen molar-refractivity contribution in [2.24, 2.45) is 0 Å². The summed E-state index contributed by atoms with van der Waals surface area (Å²) in [6, 6.07) is 3.13. The lowest BCUT2D eigenvalue weighted by Gasteiger charge is -2.29. The van der Waals surface area contributed by atoms with Gasteiger partial charge in [-0.2, -0.15) is 0 Å². The molecule has 1 aliphatic heterocycles. The molecule has 5 nitrogen and oxygen atoms in total. The van der Waals surface area contributed by atoms with Gasteiger partial charge in [0.1, 0.15) is 17.5 Å². The molecular formula is C12H16N2O3. The van der Waals surface area contributed by atoms with Gasteiger partial charge in [0, 0.05) is 13.1 Å². The predicted molar refractivity (Wildman–Crippen MR) is 62.3 cm³/mol. The van der Waals surface area contributed by atoms with Crippen molar-refractivity contribution in [2.75, 3.05) is 20.1 Å². The first-order chi connectivity index (χ1) is 8.15. The number of pyridine rings is 1. The molecule has 0 atom stereocenters. The predicted octanol–water partition coefficient (Wildman–Crippen LogP) is 1.25. The van der Waals surface area contributed by atoms with Crippen LogP contribution in [0.3, 0.4) is 0 Å². The van der Waals surface area contributed by atoms with Crippen LogP contribution in [0.5, 0.6) is 5.75 Å². The van der Waals surface area contributed by atoms with E-state index in [2.05, 4.69) is 16.9 Å². The van der Waals surface area contributed by atoms with Gasteiger partial charge in [0.15, 0.2) is 0 Å². The van der Waals surface area contributed by atoms with Gasteiger partial charge < -0.3 is 14.7 Å². The molecule has 92 valence electrons. The molecule has 1 aromatic heterocycles. The number of carbonyl (C=O) groups is 1. The van der Waals surface area contributed by atoms with Gasteiger partial charge in [0.2, 0.25) is 0 Å². The molecule has 0 aromatic carbocycles. The molecule has 0 amide bonds. The van der Waals surface area contributed by atoms with Gasteiger partial charge in [-0.15, -0.1) is 0 Å². The van der Waals surface area contributed by atoms with E-state index in [-0.39, 0.29) is 11.8 Å². The van der Waals surface area contributed by atoms with Crippen molar-refractivity contribution >= 4 is 5.97 Å².